The van der Waals surface area contributed by atoms with Gasteiger partial charge in [-0.2, -0.15) is 0 Å². The molecule has 0 fully saturated rings. The Morgan fingerprint density at radius 3 is 1.60 bits per heavy atom. The molecule has 1 unspecified atom stereocenters. The summed E-state index contributed by atoms with van der Waals surface area (Å²) >= 11 is 0. The van der Waals surface area contributed by atoms with Gasteiger partial charge in [0.2, 0.25) is 0 Å². The molecule has 0 aliphatic heterocycles. The van der Waals surface area contributed by atoms with Crippen LogP contribution in [0.25, 0.3) is 0 Å². The SMILES string of the molecule is CCC=CCC=CCC=CCCCCCCCC(=O)O[C@H](COC(=O)CCCC=CCC=CCC=CCCCCCCCC)COP(=O)(O)OCCN. The highest BCUT2D eigenvalue weighted by atomic mass is 31.2. The number of carbonyl (C=O) groups excluding carboxylic acids is 2. The second-order valence-electron chi connectivity index (χ2n) is 13.1. The normalized spacial score (nSPS) is 14.1. The Balaban J connectivity index is 4.31. The van der Waals surface area contributed by atoms with E-state index in [1.54, 1.807) is 0 Å². The van der Waals surface area contributed by atoms with Crippen molar-refractivity contribution in [1.29, 1.82) is 0 Å². The van der Waals surface area contributed by atoms with E-state index in [1.807, 2.05) is 0 Å². The molecular formula is C43H74NO8P. The summed E-state index contributed by atoms with van der Waals surface area (Å²) in [7, 11) is -4.39. The Labute approximate surface area is 322 Å². The van der Waals surface area contributed by atoms with Gasteiger partial charge in [-0.15, -0.1) is 0 Å². The molecular weight excluding hydrogens is 689 g/mol. The Hall–Kier alpha value is -2.55. The molecule has 53 heavy (non-hydrogen) atoms. The number of hydrogen-bond acceptors (Lipinski definition) is 8. The molecule has 0 saturated heterocycles. The summed E-state index contributed by atoms with van der Waals surface area (Å²) in [5.74, 6) is -0.917. The van der Waals surface area contributed by atoms with Gasteiger partial charge in [-0.1, -0.05) is 138 Å². The number of carbonyl (C=O) groups is 2. The van der Waals surface area contributed by atoms with Crippen LogP contribution in [0.4, 0.5) is 0 Å². The van der Waals surface area contributed by atoms with Crippen LogP contribution in [-0.2, 0) is 32.7 Å². The fourth-order valence-electron chi connectivity index (χ4n) is 5.07. The van der Waals surface area contributed by atoms with Crippen molar-refractivity contribution in [2.24, 2.45) is 5.73 Å². The van der Waals surface area contributed by atoms with E-state index in [0.717, 1.165) is 77.0 Å². The van der Waals surface area contributed by atoms with E-state index >= 15 is 0 Å². The summed E-state index contributed by atoms with van der Waals surface area (Å²) in [4.78, 5) is 34.8. The van der Waals surface area contributed by atoms with Gasteiger partial charge < -0.3 is 20.1 Å². The van der Waals surface area contributed by atoms with Gasteiger partial charge >= 0.3 is 19.8 Å². The molecule has 3 N–H and O–H groups in total. The summed E-state index contributed by atoms with van der Waals surface area (Å²) in [6.07, 6.45) is 46.5. The van der Waals surface area contributed by atoms with Gasteiger partial charge in [0.1, 0.15) is 6.61 Å². The number of rotatable bonds is 37. The van der Waals surface area contributed by atoms with Crippen LogP contribution >= 0.6 is 7.82 Å². The third-order valence-corrected chi connectivity index (χ3v) is 9.06. The van der Waals surface area contributed by atoms with Gasteiger partial charge in [0.15, 0.2) is 6.10 Å². The van der Waals surface area contributed by atoms with Crippen molar-refractivity contribution in [2.45, 2.75) is 161 Å². The minimum atomic E-state index is -4.39. The lowest BCUT2D eigenvalue weighted by Crippen LogP contribution is -2.29. The van der Waals surface area contributed by atoms with E-state index in [2.05, 4.69) is 86.8 Å². The van der Waals surface area contributed by atoms with E-state index in [4.69, 9.17) is 24.3 Å². The van der Waals surface area contributed by atoms with Crippen LogP contribution in [0.2, 0.25) is 0 Å². The molecule has 0 aliphatic rings. The lowest BCUT2D eigenvalue weighted by molar-refractivity contribution is -0.161. The zero-order valence-electron chi connectivity index (χ0n) is 33.2. The van der Waals surface area contributed by atoms with Crippen LogP contribution in [-0.4, -0.2) is 49.3 Å². The van der Waals surface area contributed by atoms with Crippen LogP contribution in [0.5, 0.6) is 0 Å². The third-order valence-electron chi connectivity index (χ3n) is 8.08. The predicted molar refractivity (Wildman–Crippen MR) is 219 cm³/mol. The van der Waals surface area contributed by atoms with Gasteiger partial charge in [-0.05, 0) is 77.0 Å². The summed E-state index contributed by atoms with van der Waals surface area (Å²) in [6.45, 7) is 3.51. The van der Waals surface area contributed by atoms with Crippen molar-refractivity contribution >= 4 is 19.8 Å². The first-order chi connectivity index (χ1) is 25.8. The molecule has 0 aromatic heterocycles. The van der Waals surface area contributed by atoms with Crippen molar-refractivity contribution in [1.82, 2.24) is 0 Å². The first-order valence-corrected chi connectivity index (χ1v) is 21.9. The van der Waals surface area contributed by atoms with Crippen molar-refractivity contribution in [3.63, 3.8) is 0 Å². The number of nitrogens with two attached hydrogens (primary N) is 1. The molecule has 0 spiro atoms. The number of ether oxygens (including phenoxy) is 2. The molecule has 0 radical (unpaired) electrons. The van der Waals surface area contributed by atoms with E-state index in [9.17, 15) is 19.0 Å². The molecule has 0 heterocycles. The van der Waals surface area contributed by atoms with Gasteiger partial charge in [0.05, 0.1) is 13.2 Å². The zero-order chi connectivity index (χ0) is 38.9. The first kappa shape index (κ1) is 50.5. The second-order valence-corrected chi connectivity index (χ2v) is 14.6. The lowest BCUT2D eigenvalue weighted by Gasteiger charge is -2.19. The molecule has 9 nitrogen and oxygen atoms in total. The average Bonchev–Trinajstić information content (AvgIpc) is 3.14. The topological polar surface area (TPSA) is 134 Å². The second kappa shape index (κ2) is 39.2. The van der Waals surface area contributed by atoms with Crippen molar-refractivity contribution in [3.8, 4) is 0 Å². The minimum Gasteiger partial charge on any atom is -0.462 e. The highest BCUT2D eigenvalue weighted by Gasteiger charge is 2.25. The average molecular weight is 764 g/mol. The van der Waals surface area contributed by atoms with E-state index in [1.165, 1.54) is 38.5 Å². The summed E-state index contributed by atoms with van der Waals surface area (Å²) in [6, 6.07) is 0. The standard InChI is InChI=1S/C43H74NO8P/c1-3-5-7-9-11-13-15-17-19-20-22-23-25-27-29-31-33-35-42(45)49-39-41(40-51-53(47,48)50-38-37-44)52-43(46)36-34-32-30-28-26-24-21-18-16-14-12-10-8-6-4-2/h6,8,12,14,17-19,21-23,27,29,41H,3-5,7,9-11,13,15-16,20,24-26,28,30-40,44H2,1-2H3,(H,47,48)/t41-/m1/s1. The molecule has 0 saturated carbocycles. The van der Waals surface area contributed by atoms with Gasteiger partial charge in [-0.25, -0.2) is 4.57 Å². The minimum absolute atomic E-state index is 0.0402. The van der Waals surface area contributed by atoms with Gasteiger partial charge in [0, 0.05) is 19.4 Å². The molecule has 0 aromatic carbocycles. The van der Waals surface area contributed by atoms with Crippen molar-refractivity contribution in [3.05, 3.63) is 72.9 Å². The van der Waals surface area contributed by atoms with Crippen LogP contribution in [0.15, 0.2) is 72.9 Å². The van der Waals surface area contributed by atoms with Crippen molar-refractivity contribution < 1.29 is 37.6 Å². The maximum absolute atomic E-state index is 12.5. The predicted octanol–water partition coefficient (Wildman–Crippen LogP) is 11.5. The molecule has 0 aliphatic carbocycles. The number of esters is 2. The van der Waals surface area contributed by atoms with Gasteiger partial charge in [-0.3, -0.25) is 18.6 Å². The van der Waals surface area contributed by atoms with Gasteiger partial charge in [0.25, 0.3) is 0 Å². The fraction of sp³-hybridized carbons (Fsp3) is 0.674. The number of phosphoric ester groups is 1. The Morgan fingerprint density at radius 2 is 1.06 bits per heavy atom. The summed E-state index contributed by atoms with van der Waals surface area (Å²) < 4.78 is 32.6. The third kappa shape index (κ3) is 39.0. The molecule has 0 amide bonds. The molecule has 0 bridgehead atoms. The maximum Gasteiger partial charge on any atom is 0.472 e. The van der Waals surface area contributed by atoms with Crippen LogP contribution in [0.1, 0.15) is 155 Å². The largest absolute Gasteiger partial charge is 0.472 e. The number of allylic oxidation sites excluding steroid dienone is 12. The zero-order valence-corrected chi connectivity index (χ0v) is 34.1. The smallest absolute Gasteiger partial charge is 0.462 e. The van der Waals surface area contributed by atoms with E-state index in [-0.39, 0.29) is 32.6 Å². The Kier molecular flexibility index (Phi) is 37.3. The quantitative estimate of drug-likeness (QED) is 0.0274. The lowest BCUT2D eigenvalue weighted by atomic mass is 10.1. The highest BCUT2D eigenvalue weighted by molar-refractivity contribution is 7.47. The fourth-order valence-corrected chi connectivity index (χ4v) is 5.84. The molecule has 0 rings (SSSR count). The van der Waals surface area contributed by atoms with E-state index in [0.29, 0.717) is 12.8 Å². The highest BCUT2D eigenvalue weighted by Crippen LogP contribution is 2.43. The van der Waals surface area contributed by atoms with Crippen LogP contribution in [0.3, 0.4) is 0 Å². The monoisotopic (exact) mass is 764 g/mol. The van der Waals surface area contributed by atoms with Crippen molar-refractivity contribution in [2.75, 3.05) is 26.4 Å². The Bertz CT molecular complexity index is 1100. The summed E-state index contributed by atoms with van der Waals surface area (Å²) in [5, 5.41) is 0. The van der Waals surface area contributed by atoms with Crippen LogP contribution in [0, 0.1) is 0 Å². The van der Waals surface area contributed by atoms with E-state index < -0.39 is 32.5 Å². The summed E-state index contributed by atoms with van der Waals surface area (Å²) in [5.41, 5.74) is 5.33. The van der Waals surface area contributed by atoms with Crippen LogP contribution < -0.4 is 5.73 Å². The maximum atomic E-state index is 12.5. The Morgan fingerprint density at radius 1 is 0.585 bits per heavy atom. The number of hydrogen-bond donors (Lipinski definition) is 2. The molecule has 0 aromatic rings. The molecule has 10 heteroatoms. The number of unbranched alkanes of at least 4 members (excludes halogenated alkanes) is 12. The first-order valence-electron chi connectivity index (χ1n) is 20.4. The molecule has 304 valence electrons. The molecule has 2 atom stereocenters. The number of phosphoric acid groups is 1.